The fraction of sp³-hybridized carbons (Fsp3) is 0.923. The highest BCUT2D eigenvalue weighted by Gasteiger charge is 2.17. The number of carbonyl (C=O) groups is 1. The molecular formula is C13H27NO. The van der Waals surface area contributed by atoms with Gasteiger partial charge in [0.1, 0.15) is 0 Å². The van der Waals surface area contributed by atoms with Crippen LogP contribution in [0, 0.1) is 0 Å². The molecule has 0 aliphatic carbocycles. The van der Waals surface area contributed by atoms with E-state index < -0.39 is 0 Å². The Morgan fingerprint density at radius 3 is 2.20 bits per heavy atom. The normalized spacial score (nSPS) is 12.5. The summed E-state index contributed by atoms with van der Waals surface area (Å²) in [5.74, 6) is 0.347. The summed E-state index contributed by atoms with van der Waals surface area (Å²) in [7, 11) is 0. The van der Waals surface area contributed by atoms with Crippen molar-refractivity contribution in [3.05, 3.63) is 0 Å². The van der Waals surface area contributed by atoms with E-state index >= 15 is 0 Å². The van der Waals surface area contributed by atoms with E-state index in [-0.39, 0.29) is 0 Å². The first-order valence-electron chi connectivity index (χ1n) is 6.46. The number of rotatable bonds is 8. The van der Waals surface area contributed by atoms with Crippen molar-refractivity contribution in [1.82, 2.24) is 4.90 Å². The molecule has 0 aromatic carbocycles. The van der Waals surface area contributed by atoms with Crippen LogP contribution in [-0.2, 0) is 4.79 Å². The predicted molar refractivity (Wildman–Crippen MR) is 65.9 cm³/mol. The molecule has 15 heavy (non-hydrogen) atoms. The third-order valence-corrected chi connectivity index (χ3v) is 2.94. The number of hydrogen-bond donors (Lipinski definition) is 0. The lowest BCUT2D eigenvalue weighted by atomic mass is 10.1. The minimum absolute atomic E-state index is 0.347. The molecule has 2 nitrogen and oxygen atoms in total. The number of amides is 1. The molecule has 0 bridgehead atoms. The molecule has 0 rings (SSSR count). The van der Waals surface area contributed by atoms with Crippen molar-refractivity contribution in [2.75, 3.05) is 6.54 Å². The van der Waals surface area contributed by atoms with Gasteiger partial charge < -0.3 is 4.90 Å². The number of nitrogens with zero attached hydrogens (tertiary/aromatic N) is 1. The Morgan fingerprint density at radius 1 is 1.13 bits per heavy atom. The van der Waals surface area contributed by atoms with Crippen LogP contribution >= 0.6 is 0 Å². The van der Waals surface area contributed by atoms with Crippen LogP contribution in [0.15, 0.2) is 0 Å². The zero-order valence-corrected chi connectivity index (χ0v) is 10.9. The Kier molecular flexibility index (Phi) is 8.44. The second-order valence-corrected chi connectivity index (χ2v) is 4.30. The molecule has 0 aromatic heterocycles. The van der Waals surface area contributed by atoms with E-state index in [0.29, 0.717) is 11.9 Å². The Labute approximate surface area is 95.0 Å². The van der Waals surface area contributed by atoms with Crippen molar-refractivity contribution in [2.45, 2.75) is 72.3 Å². The maximum atomic E-state index is 11.9. The van der Waals surface area contributed by atoms with Crippen molar-refractivity contribution in [3.63, 3.8) is 0 Å². The molecular weight excluding hydrogens is 186 g/mol. The van der Waals surface area contributed by atoms with Crippen molar-refractivity contribution in [1.29, 1.82) is 0 Å². The van der Waals surface area contributed by atoms with Gasteiger partial charge in [-0.05, 0) is 26.2 Å². The third-order valence-electron chi connectivity index (χ3n) is 2.94. The SMILES string of the molecule is CCCCC(=O)N(CCCC)C(C)CC. The molecule has 0 saturated carbocycles. The van der Waals surface area contributed by atoms with E-state index in [1.807, 2.05) is 0 Å². The molecule has 90 valence electrons. The van der Waals surface area contributed by atoms with E-state index in [1.54, 1.807) is 0 Å². The molecule has 0 spiro atoms. The fourth-order valence-corrected chi connectivity index (χ4v) is 1.61. The van der Waals surface area contributed by atoms with Gasteiger partial charge in [0, 0.05) is 19.0 Å². The first-order valence-corrected chi connectivity index (χ1v) is 6.46. The van der Waals surface area contributed by atoms with Gasteiger partial charge in [-0.1, -0.05) is 33.6 Å². The highest BCUT2D eigenvalue weighted by molar-refractivity contribution is 5.76. The maximum Gasteiger partial charge on any atom is 0.222 e. The quantitative estimate of drug-likeness (QED) is 0.603. The molecule has 2 heteroatoms. The lowest BCUT2D eigenvalue weighted by Crippen LogP contribution is -2.38. The summed E-state index contributed by atoms with van der Waals surface area (Å²) in [4.78, 5) is 14.0. The molecule has 0 radical (unpaired) electrons. The van der Waals surface area contributed by atoms with Gasteiger partial charge in [-0.15, -0.1) is 0 Å². The number of hydrogen-bond acceptors (Lipinski definition) is 1. The van der Waals surface area contributed by atoms with Crippen molar-refractivity contribution in [2.24, 2.45) is 0 Å². The van der Waals surface area contributed by atoms with Crippen LogP contribution in [-0.4, -0.2) is 23.4 Å². The fourth-order valence-electron chi connectivity index (χ4n) is 1.61. The maximum absolute atomic E-state index is 11.9. The molecule has 0 aromatic rings. The van der Waals surface area contributed by atoms with Crippen LogP contribution in [0.5, 0.6) is 0 Å². The standard InChI is InChI=1S/C13H27NO/c1-5-8-10-13(15)14(11-9-6-2)12(4)7-3/h12H,5-11H2,1-4H3. The topological polar surface area (TPSA) is 20.3 Å². The molecule has 1 atom stereocenters. The second-order valence-electron chi connectivity index (χ2n) is 4.30. The Balaban J connectivity index is 4.14. The average molecular weight is 213 g/mol. The summed E-state index contributed by atoms with van der Waals surface area (Å²) in [6.45, 7) is 9.54. The highest BCUT2D eigenvalue weighted by Crippen LogP contribution is 2.09. The van der Waals surface area contributed by atoms with Gasteiger partial charge in [0.2, 0.25) is 5.91 Å². The predicted octanol–water partition coefficient (Wildman–Crippen LogP) is 3.60. The lowest BCUT2D eigenvalue weighted by Gasteiger charge is -2.28. The largest absolute Gasteiger partial charge is 0.340 e. The van der Waals surface area contributed by atoms with Crippen LogP contribution in [0.2, 0.25) is 0 Å². The first-order chi connectivity index (χ1) is 7.17. The van der Waals surface area contributed by atoms with E-state index in [2.05, 4.69) is 32.6 Å². The molecule has 0 aliphatic rings. The van der Waals surface area contributed by atoms with Crippen LogP contribution < -0.4 is 0 Å². The molecule has 1 unspecified atom stereocenters. The van der Waals surface area contributed by atoms with Gasteiger partial charge in [0.25, 0.3) is 0 Å². The zero-order chi connectivity index (χ0) is 11.7. The smallest absolute Gasteiger partial charge is 0.222 e. The minimum Gasteiger partial charge on any atom is -0.340 e. The van der Waals surface area contributed by atoms with Gasteiger partial charge in [0.05, 0.1) is 0 Å². The summed E-state index contributed by atoms with van der Waals surface area (Å²) in [5, 5.41) is 0. The van der Waals surface area contributed by atoms with E-state index in [9.17, 15) is 4.79 Å². The van der Waals surface area contributed by atoms with Crippen molar-refractivity contribution in [3.8, 4) is 0 Å². The summed E-state index contributed by atoms with van der Waals surface area (Å²) in [5.41, 5.74) is 0. The van der Waals surface area contributed by atoms with Crippen LogP contribution in [0.3, 0.4) is 0 Å². The van der Waals surface area contributed by atoms with E-state index in [4.69, 9.17) is 0 Å². The summed E-state index contributed by atoms with van der Waals surface area (Å²) in [6.07, 6.45) is 6.20. The first kappa shape index (κ1) is 14.5. The summed E-state index contributed by atoms with van der Waals surface area (Å²) < 4.78 is 0. The Bertz CT molecular complexity index is 168. The van der Waals surface area contributed by atoms with Gasteiger partial charge in [-0.25, -0.2) is 0 Å². The Morgan fingerprint density at radius 2 is 1.73 bits per heavy atom. The number of carbonyl (C=O) groups excluding carboxylic acids is 1. The molecule has 0 heterocycles. The molecule has 0 fully saturated rings. The highest BCUT2D eigenvalue weighted by atomic mass is 16.2. The third kappa shape index (κ3) is 5.81. The van der Waals surface area contributed by atoms with Gasteiger partial charge >= 0.3 is 0 Å². The van der Waals surface area contributed by atoms with Crippen LogP contribution in [0.25, 0.3) is 0 Å². The second kappa shape index (κ2) is 8.75. The molecule has 1 amide bonds. The molecule has 0 N–H and O–H groups in total. The Hall–Kier alpha value is -0.530. The van der Waals surface area contributed by atoms with Crippen molar-refractivity contribution >= 4 is 5.91 Å². The van der Waals surface area contributed by atoms with Crippen LogP contribution in [0.1, 0.15) is 66.2 Å². The van der Waals surface area contributed by atoms with Gasteiger partial charge in [-0.3, -0.25) is 4.79 Å². The van der Waals surface area contributed by atoms with Gasteiger partial charge in [-0.2, -0.15) is 0 Å². The average Bonchev–Trinajstić information content (AvgIpc) is 2.26. The van der Waals surface area contributed by atoms with E-state index in [1.165, 1.54) is 0 Å². The van der Waals surface area contributed by atoms with E-state index in [0.717, 1.165) is 45.1 Å². The van der Waals surface area contributed by atoms with Gasteiger partial charge in [0.15, 0.2) is 0 Å². The monoisotopic (exact) mass is 213 g/mol. The minimum atomic E-state index is 0.347. The summed E-state index contributed by atoms with van der Waals surface area (Å²) in [6, 6.07) is 0.404. The summed E-state index contributed by atoms with van der Waals surface area (Å²) >= 11 is 0. The van der Waals surface area contributed by atoms with Crippen molar-refractivity contribution < 1.29 is 4.79 Å². The molecule has 0 saturated heterocycles. The molecule has 0 aliphatic heterocycles. The van der Waals surface area contributed by atoms with Crippen LogP contribution in [0.4, 0.5) is 0 Å². The number of unbranched alkanes of at least 4 members (excludes halogenated alkanes) is 2. The zero-order valence-electron chi connectivity index (χ0n) is 10.9. The lowest BCUT2D eigenvalue weighted by molar-refractivity contribution is -0.133.